The van der Waals surface area contributed by atoms with E-state index in [0.29, 0.717) is 0 Å². The fourth-order valence-corrected chi connectivity index (χ4v) is 2.02. The third kappa shape index (κ3) is 4.36. The molecule has 0 bridgehead atoms. The largest absolute Gasteiger partial charge is 0.496 e. The Balaban J connectivity index is 2.63. The molecule has 1 atom stereocenters. The zero-order valence-corrected chi connectivity index (χ0v) is 11.3. The summed E-state index contributed by atoms with van der Waals surface area (Å²) in [6.07, 6.45) is 0.993. The summed E-state index contributed by atoms with van der Waals surface area (Å²) in [6.45, 7) is 7.99. The molecule has 0 saturated carbocycles. The van der Waals surface area contributed by atoms with E-state index in [0.717, 1.165) is 25.3 Å². The molecule has 0 heterocycles. The minimum absolute atomic E-state index is 0.253. The van der Waals surface area contributed by atoms with Gasteiger partial charge in [0.15, 0.2) is 0 Å². The van der Waals surface area contributed by atoms with Crippen molar-refractivity contribution in [3.05, 3.63) is 28.8 Å². The second-order valence-electron chi connectivity index (χ2n) is 4.72. The van der Waals surface area contributed by atoms with Crippen molar-refractivity contribution in [3.8, 4) is 5.75 Å². The molecule has 0 fully saturated rings. The van der Waals surface area contributed by atoms with Crippen molar-refractivity contribution < 1.29 is 4.74 Å². The molecular formula is C14H24N2O. The Morgan fingerprint density at radius 2 is 2.06 bits per heavy atom. The van der Waals surface area contributed by atoms with Crippen molar-refractivity contribution in [3.63, 3.8) is 0 Å². The predicted molar refractivity (Wildman–Crippen MR) is 72.4 cm³/mol. The van der Waals surface area contributed by atoms with Crippen LogP contribution < -0.4 is 15.8 Å². The third-order valence-electron chi connectivity index (χ3n) is 2.79. The average molecular weight is 236 g/mol. The van der Waals surface area contributed by atoms with Gasteiger partial charge in [-0.15, -0.1) is 0 Å². The van der Waals surface area contributed by atoms with Gasteiger partial charge in [-0.3, -0.25) is 0 Å². The Bertz CT molecular complexity index is 361. The summed E-state index contributed by atoms with van der Waals surface area (Å²) in [4.78, 5) is 0. The zero-order valence-electron chi connectivity index (χ0n) is 11.3. The SMILES string of the molecule is COc1c(C)cc(C)cc1CNCCC(C)N. The van der Waals surface area contributed by atoms with Crippen LogP contribution >= 0.6 is 0 Å². The third-order valence-corrected chi connectivity index (χ3v) is 2.79. The molecule has 0 amide bonds. The summed E-state index contributed by atoms with van der Waals surface area (Å²) in [5.74, 6) is 0.990. The highest BCUT2D eigenvalue weighted by Crippen LogP contribution is 2.24. The molecule has 17 heavy (non-hydrogen) atoms. The Labute approximate surface area is 104 Å². The van der Waals surface area contributed by atoms with Crippen molar-refractivity contribution in [1.82, 2.24) is 5.32 Å². The van der Waals surface area contributed by atoms with Gasteiger partial charge >= 0.3 is 0 Å². The van der Waals surface area contributed by atoms with E-state index < -0.39 is 0 Å². The van der Waals surface area contributed by atoms with Gasteiger partial charge in [-0.05, 0) is 39.3 Å². The molecule has 3 heteroatoms. The lowest BCUT2D eigenvalue weighted by atomic mass is 10.1. The smallest absolute Gasteiger partial charge is 0.126 e. The molecular weight excluding hydrogens is 212 g/mol. The van der Waals surface area contributed by atoms with Gasteiger partial charge in [-0.25, -0.2) is 0 Å². The maximum absolute atomic E-state index is 5.71. The summed E-state index contributed by atoms with van der Waals surface area (Å²) in [7, 11) is 1.73. The fourth-order valence-electron chi connectivity index (χ4n) is 2.02. The molecule has 1 rings (SSSR count). The summed E-state index contributed by atoms with van der Waals surface area (Å²) in [6, 6.07) is 4.57. The monoisotopic (exact) mass is 236 g/mol. The molecule has 0 aliphatic rings. The Kier molecular flexibility index (Phi) is 5.45. The summed E-state index contributed by atoms with van der Waals surface area (Å²) in [5.41, 5.74) is 9.39. The van der Waals surface area contributed by atoms with Gasteiger partial charge in [0.1, 0.15) is 5.75 Å². The molecule has 0 radical (unpaired) electrons. The number of nitrogens with one attached hydrogen (secondary N) is 1. The molecule has 3 nitrogen and oxygen atoms in total. The number of rotatable bonds is 6. The first-order valence-corrected chi connectivity index (χ1v) is 6.15. The summed E-state index contributed by atoms with van der Waals surface area (Å²) >= 11 is 0. The number of benzene rings is 1. The Hall–Kier alpha value is -1.06. The van der Waals surface area contributed by atoms with E-state index in [9.17, 15) is 0 Å². The standard InChI is InChI=1S/C14H24N2O/c1-10-7-11(2)14(17-4)13(8-10)9-16-6-5-12(3)15/h7-8,12,16H,5-6,9,15H2,1-4H3. The van der Waals surface area contributed by atoms with Gasteiger partial charge in [-0.2, -0.15) is 0 Å². The maximum atomic E-state index is 5.71. The van der Waals surface area contributed by atoms with Gasteiger partial charge in [0, 0.05) is 18.2 Å². The van der Waals surface area contributed by atoms with Crippen LogP contribution in [0.3, 0.4) is 0 Å². The second-order valence-corrected chi connectivity index (χ2v) is 4.72. The van der Waals surface area contributed by atoms with Crippen molar-refractivity contribution in [2.24, 2.45) is 5.73 Å². The van der Waals surface area contributed by atoms with Crippen LogP contribution in [0.25, 0.3) is 0 Å². The van der Waals surface area contributed by atoms with Crippen LogP contribution in [0.1, 0.15) is 30.0 Å². The summed E-state index contributed by atoms with van der Waals surface area (Å²) < 4.78 is 5.44. The van der Waals surface area contributed by atoms with Gasteiger partial charge in [0.25, 0.3) is 0 Å². The van der Waals surface area contributed by atoms with Crippen LogP contribution in [0.5, 0.6) is 5.75 Å². The summed E-state index contributed by atoms with van der Waals surface area (Å²) in [5, 5.41) is 3.40. The number of methoxy groups -OCH3 is 1. The van der Waals surface area contributed by atoms with E-state index >= 15 is 0 Å². The quantitative estimate of drug-likeness (QED) is 0.744. The van der Waals surface area contributed by atoms with Gasteiger partial charge < -0.3 is 15.8 Å². The van der Waals surface area contributed by atoms with Crippen LogP contribution in [-0.2, 0) is 6.54 Å². The molecule has 1 aromatic rings. The van der Waals surface area contributed by atoms with Crippen molar-refractivity contribution >= 4 is 0 Å². The normalized spacial score (nSPS) is 12.5. The van der Waals surface area contributed by atoms with Crippen LogP contribution in [0.15, 0.2) is 12.1 Å². The van der Waals surface area contributed by atoms with E-state index in [2.05, 4.69) is 31.3 Å². The lowest BCUT2D eigenvalue weighted by molar-refractivity contribution is 0.404. The van der Waals surface area contributed by atoms with Crippen molar-refractivity contribution in [1.29, 1.82) is 0 Å². The molecule has 0 spiro atoms. The number of aryl methyl sites for hydroxylation is 2. The Morgan fingerprint density at radius 3 is 2.65 bits per heavy atom. The highest BCUT2D eigenvalue weighted by molar-refractivity contribution is 5.43. The van der Waals surface area contributed by atoms with Crippen LogP contribution in [0, 0.1) is 13.8 Å². The van der Waals surface area contributed by atoms with E-state index in [-0.39, 0.29) is 6.04 Å². The highest BCUT2D eigenvalue weighted by atomic mass is 16.5. The number of hydrogen-bond acceptors (Lipinski definition) is 3. The van der Waals surface area contributed by atoms with Crippen LogP contribution in [-0.4, -0.2) is 19.7 Å². The average Bonchev–Trinajstić information content (AvgIpc) is 2.23. The minimum atomic E-state index is 0.253. The number of nitrogens with two attached hydrogens (primary N) is 1. The van der Waals surface area contributed by atoms with Gasteiger partial charge in [0.2, 0.25) is 0 Å². The molecule has 3 N–H and O–H groups in total. The molecule has 0 aromatic heterocycles. The molecule has 1 unspecified atom stereocenters. The number of ether oxygens (including phenoxy) is 1. The molecule has 0 aliphatic carbocycles. The van der Waals surface area contributed by atoms with Gasteiger partial charge in [0.05, 0.1) is 7.11 Å². The number of hydrogen-bond donors (Lipinski definition) is 2. The lowest BCUT2D eigenvalue weighted by Crippen LogP contribution is -2.23. The van der Waals surface area contributed by atoms with Gasteiger partial charge in [-0.1, -0.05) is 17.7 Å². The molecule has 96 valence electrons. The highest BCUT2D eigenvalue weighted by Gasteiger charge is 2.07. The molecule has 1 aromatic carbocycles. The first kappa shape index (κ1) is 14.0. The van der Waals surface area contributed by atoms with E-state index in [4.69, 9.17) is 10.5 Å². The maximum Gasteiger partial charge on any atom is 0.126 e. The minimum Gasteiger partial charge on any atom is -0.496 e. The molecule has 0 saturated heterocycles. The Morgan fingerprint density at radius 1 is 1.35 bits per heavy atom. The van der Waals surface area contributed by atoms with Crippen LogP contribution in [0.2, 0.25) is 0 Å². The van der Waals surface area contributed by atoms with Crippen LogP contribution in [0.4, 0.5) is 0 Å². The van der Waals surface area contributed by atoms with Crippen molar-refractivity contribution in [2.75, 3.05) is 13.7 Å². The fraction of sp³-hybridized carbons (Fsp3) is 0.571. The molecule has 0 aliphatic heterocycles. The first-order valence-electron chi connectivity index (χ1n) is 6.15. The van der Waals surface area contributed by atoms with Crippen molar-refractivity contribution in [2.45, 2.75) is 39.8 Å². The van der Waals surface area contributed by atoms with E-state index in [1.54, 1.807) is 7.11 Å². The lowest BCUT2D eigenvalue weighted by Gasteiger charge is -2.14. The zero-order chi connectivity index (χ0) is 12.8. The van der Waals surface area contributed by atoms with E-state index in [1.807, 2.05) is 6.92 Å². The van der Waals surface area contributed by atoms with E-state index in [1.165, 1.54) is 16.7 Å². The topological polar surface area (TPSA) is 47.3 Å². The predicted octanol–water partition coefficient (Wildman–Crippen LogP) is 2.14. The first-order chi connectivity index (χ1) is 8.04. The second kappa shape index (κ2) is 6.62.